The standard InChI is InChI=1S/C16H34N2/c1-7-16(5,18-12-8-9-13-18)14(17-6)10-11-15(2,3)4/h14,17H,7-13H2,1-6H3. The van der Waals surface area contributed by atoms with Crippen LogP contribution in [0.25, 0.3) is 0 Å². The first-order chi connectivity index (χ1) is 8.33. The van der Waals surface area contributed by atoms with Gasteiger partial charge in [-0.15, -0.1) is 0 Å². The fraction of sp³-hybridized carbons (Fsp3) is 1.00. The van der Waals surface area contributed by atoms with Gasteiger partial charge in [0, 0.05) is 11.6 Å². The van der Waals surface area contributed by atoms with Gasteiger partial charge in [-0.25, -0.2) is 0 Å². The first-order valence-corrected chi connectivity index (χ1v) is 7.76. The van der Waals surface area contributed by atoms with E-state index >= 15 is 0 Å². The number of hydrogen-bond donors (Lipinski definition) is 1. The highest BCUT2D eigenvalue weighted by Gasteiger charge is 2.38. The molecule has 0 aromatic rings. The van der Waals surface area contributed by atoms with Gasteiger partial charge < -0.3 is 5.32 Å². The Morgan fingerprint density at radius 3 is 2.06 bits per heavy atom. The number of likely N-dealkylation sites (N-methyl/N-ethyl adjacent to an activating group) is 1. The number of nitrogens with zero attached hydrogens (tertiary/aromatic N) is 1. The molecule has 1 rings (SSSR count). The fourth-order valence-corrected chi connectivity index (χ4v) is 3.26. The zero-order valence-electron chi connectivity index (χ0n) is 13.5. The largest absolute Gasteiger partial charge is 0.315 e. The molecule has 2 heteroatoms. The first kappa shape index (κ1) is 16.0. The first-order valence-electron chi connectivity index (χ1n) is 7.76. The van der Waals surface area contributed by atoms with E-state index in [0.717, 1.165) is 0 Å². The SMILES string of the molecule is CCC(C)(C(CCC(C)(C)C)NC)N1CCCC1. The van der Waals surface area contributed by atoms with Crippen LogP contribution in [0.15, 0.2) is 0 Å². The number of likely N-dealkylation sites (tertiary alicyclic amines) is 1. The predicted octanol–water partition coefficient (Wildman–Crippen LogP) is 3.67. The minimum atomic E-state index is 0.330. The van der Waals surface area contributed by atoms with E-state index in [1.54, 1.807) is 0 Å². The molecule has 0 aromatic carbocycles. The highest BCUT2D eigenvalue weighted by Crippen LogP contribution is 2.32. The average molecular weight is 254 g/mol. The molecule has 108 valence electrons. The van der Waals surface area contributed by atoms with Crippen molar-refractivity contribution in [3.8, 4) is 0 Å². The van der Waals surface area contributed by atoms with E-state index in [1.807, 2.05) is 0 Å². The zero-order chi connectivity index (χ0) is 13.8. The van der Waals surface area contributed by atoms with Crippen LogP contribution in [0.3, 0.4) is 0 Å². The van der Waals surface area contributed by atoms with Crippen molar-refractivity contribution in [2.24, 2.45) is 5.41 Å². The van der Waals surface area contributed by atoms with Crippen molar-refractivity contribution in [2.45, 2.75) is 78.3 Å². The highest BCUT2D eigenvalue weighted by molar-refractivity contribution is 4.97. The minimum absolute atomic E-state index is 0.330. The van der Waals surface area contributed by atoms with Gasteiger partial charge in [0.05, 0.1) is 0 Å². The van der Waals surface area contributed by atoms with Gasteiger partial charge in [0.1, 0.15) is 0 Å². The summed E-state index contributed by atoms with van der Waals surface area (Å²) in [4.78, 5) is 2.72. The van der Waals surface area contributed by atoms with Crippen molar-refractivity contribution >= 4 is 0 Å². The molecule has 1 aliphatic rings. The topological polar surface area (TPSA) is 15.3 Å². The van der Waals surface area contributed by atoms with Gasteiger partial charge in [-0.2, -0.15) is 0 Å². The van der Waals surface area contributed by atoms with E-state index in [4.69, 9.17) is 0 Å². The van der Waals surface area contributed by atoms with Gasteiger partial charge in [0.2, 0.25) is 0 Å². The van der Waals surface area contributed by atoms with Crippen molar-refractivity contribution in [1.29, 1.82) is 0 Å². The van der Waals surface area contributed by atoms with E-state index in [9.17, 15) is 0 Å². The summed E-state index contributed by atoms with van der Waals surface area (Å²) in [6.45, 7) is 14.4. The lowest BCUT2D eigenvalue weighted by Crippen LogP contribution is -2.57. The lowest BCUT2D eigenvalue weighted by atomic mass is 9.80. The van der Waals surface area contributed by atoms with Crippen molar-refractivity contribution in [3.63, 3.8) is 0 Å². The normalized spacial score (nSPS) is 23.0. The molecule has 0 bridgehead atoms. The zero-order valence-corrected chi connectivity index (χ0v) is 13.5. The quantitative estimate of drug-likeness (QED) is 0.778. The Morgan fingerprint density at radius 2 is 1.67 bits per heavy atom. The fourth-order valence-electron chi connectivity index (χ4n) is 3.26. The number of rotatable bonds is 6. The summed E-state index contributed by atoms with van der Waals surface area (Å²) in [7, 11) is 2.14. The minimum Gasteiger partial charge on any atom is -0.315 e. The van der Waals surface area contributed by atoms with Gasteiger partial charge in [-0.05, 0) is 64.6 Å². The summed E-state index contributed by atoms with van der Waals surface area (Å²) in [6.07, 6.45) is 6.57. The van der Waals surface area contributed by atoms with E-state index in [1.165, 1.54) is 45.2 Å². The van der Waals surface area contributed by atoms with Gasteiger partial charge in [0.15, 0.2) is 0 Å². The van der Waals surface area contributed by atoms with Crippen molar-refractivity contribution < 1.29 is 0 Å². The van der Waals surface area contributed by atoms with E-state index in [0.29, 0.717) is 17.0 Å². The van der Waals surface area contributed by atoms with Crippen LogP contribution in [-0.2, 0) is 0 Å². The maximum atomic E-state index is 3.60. The molecule has 0 aliphatic carbocycles. The molecule has 18 heavy (non-hydrogen) atoms. The summed E-state index contributed by atoms with van der Waals surface area (Å²) < 4.78 is 0. The Hall–Kier alpha value is -0.0800. The molecular weight excluding hydrogens is 220 g/mol. The lowest BCUT2D eigenvalue weighted by Gasteiger charge is -2.45. The Morgan fingerprint density at radius 1 is 1.11 bits per heavy atom. The van der Waals surface area contributed by atoms with Crippen LogP contribution in [0, 0.1) is 5.41 Å². The Kier molecular flexibility index (Phi) is 5.67. The second-order valence-electron chi connectivity index (χ2n) is 7.35. The average Bonchev–Trinajstić information content (AvgIpc) is 2.81. The molecule has 0 saturated carbocycles. The van der Waals surface area contributed by atoms with Crippen molar-refractivity contribution in [1.82, 2.24) is 10.2 Å². The molecule has 2 nitrogen and oxygen atoms in total. The summed E-state index contributed by atoms with van der Waals surface area (Å²) in [5.74, 6) is 0. The van der Waals surface area contributed by atoms with Gasteiger partial charge >= 0.3 is 0 Å². The molecule has 1 aliphatic heterocycles. The van der Waals surface area contributed by atoms with Gasteiger partial charge in [-0.1, -0.05) is 27.7 Å². The van der Waals surface area contributed by atoms with Crippen LogP contribution in [0.1, 0.15) is 66.7 Å². The third-order valence-corrected chi connectivity index (χ3v) is 4.83. The summed E-state index contributed by atoms with van der Waals surface area (Å²) >= 11 is 0. The third-order valence-electron chi connectivity index (χ3n) is 4.83. The second-order valence-corrected chi connectivity index (χ2v) is 7.35. The highest BCUT2D eigenvalue weighted by atomic mass is 15.2. The molecule has 0 amide bonds. The summed E-state index contributed by atoms with van der Waals surface area (Å²) in [5, 5.41) is 3.60. The molecule has 1 fully saturated rings. The van der Waals surface area contributed by atoms with E-state index in [-0.39, 0.29) is 0 Å². The van der Waals surface area contributed by atoms with Crippen molar-refractivity contribution in [3.05, 3.63) is 0 Å². The molecular formula is C16H34N2. The van der Waals surface area contributed by atoms with Crippen LogP contribution in [-0.4, -0.2) is 36.6 Å². The molecule has 1 heterocycles. The third kappa shape index (κ3) is 3.96. The Labute approximate surface area is 115 Å². The molecule has 1 saturated heterocycles. The van der Waals surface area contributed by atoms with Gasteiger partial charge in [0.25, 0.3) is 0 Å². The predicted molar refractivity (Wildman–Crippen MR) is 81.0 cm³/mol. The smallest absolute Gasteiger partial charge is 0.0331 e. The Balaban J connectivity index is 2.69. The van der Waals surface area contributed by atoms with Crippen LogP contribution in [0.4, 0.5) is 0 Å². The molecule has 2 atom stereocenters. The van der Waals surface area contributed by atoms with Crippen LogP contribution in [0.5, 0.6) is 0 Å². The van der Waals surface area contributed by atoms with Crippen LogP contribution >= 0.6 is 0 Å². The Bertz CT molecular complexity index is 238. The second kappa shape index (κ2) is 6.38. The molecule has 0 aromatic heterocycles. The van der Waals surface area contributed by atoms with Gasteiger partial charge in [-0.3, -0.25) is 4.90 Å². The molecule has 1 N–H and O–H groups in total. The molecule has 2 unspecified atom stereocenters. The number of hydrogen-bond acceptors (Lipinski definition) is 2. The maximum absolute atomic E-state index is 3.60. The lowest BCUT2D eigenvalue weighted by molar-refractivity contribution is 0.0783. The van der Waals surface area contributed by atoms with Crippen molar-refractivity contribution in [2.75, 3.05) is 20.1 Å². The number of nitrogens with one attached hydrogen (secondary N) is 1. The summed E-state index contributed by atoms with van der Waals surface area (Å²) in [5.41, 5.74) is 0.769. The summed E-state index contributed by atoms with van der Waals surface area (Å²) in [6, 6.07) is 0.611. The monoisotopic (exact) mass is 254 g/mol. The molecule has 0 radical (unpaired) electrons. The molecule has 0 spiro atoms. The maximum Gasteiger partial charge on any atom is 0.0331 e. The van der Waals surface area contributed by atoms with E-state index < -0.39 is 0 Å². The van der Waals surface area contributed by atoms with Crippen LogP contribution < -0.4 is 5.32 Å². The van der Waals surface area contributed by atoms with Crippen LogP contribution in [0.2, 0.25) is 0 Å². The van der Waals surface area contributed by atoms with E-state index in [2.05, 4.69) is 51.9 Å².